The van der Waals surface area contributed by atoms with E-state index in [1.54, 1.807) is 30.3 Å². The molecule has 1 saturated heterocycles. The average Bonchev–Trinajstić information content (AvgIpc) is 3.23. The molecule has 0 aromatic heterocycles. The minimum atomic E-state index is -0.551. The van der Waals surface area contributed by atoms with E-state index in [-0.39, 0.29) is 11.4 Å². The lowest BCUT2D eigenvalue weighted by Gasteiger charge is -2.19. The molecule has 150 valence electrons. The van der Waals surface area contributed by atoms with Gasteiger partial charge in [-0.3, -0.25) is 4.79 Å². The molecule has 3 rings (SSSR count). The zero-order valence-electron chi connectivity index (χ0n) is 16.7. The molecule has 6 heteroatoms. The summed E-state index contributed by atoms with van der Waals surface area (Å²) in [6.07, 6.45) is 3.54. The van der Waals surface area contributed by atoms with E-state index in [9.17, 15) is 14.4 Å². The maximum atomic E-state index is 14.6. The van der Waals surface area contributed by atoms with E-state index < -0.39 is 5.91 Å². The Balaban J connectivity index is 1.82. The molecule has 1 aliphatic rings. The third-order valence-corrected chi connectivity index (χ3v) is 4.85. The minimum Gasteiger partial charge on any atom is -0.494 e. The third-order valence-electron chi connectivity index (χ3n) is 4.85. The lowest BCUT2D eigenvalue weighted by molar-refractivity contribution is -0.112. The fourth-order valence-corrected chi connectivity index (χ4v) is 3.37. The summed E-state index contributed by atoms with van der Waals surface area (Å²) >= 11 is 0. The largest absolute Gasteiger partial charge is 0.494 e. The van der Waals surface area contributed by atoms with Crippen LogP contribution in [0, 0.1) is 24.1 Å². The van der Waals surface area contributed by atoms with Gasteiger partial charge in [0, 0.05) is 24.8 Å². The van der Waals surface area contributed by atoms with Crippen LogP contribution in [-0.2, 0) is 4.79 Å². The molecule has 0 bridgehead atoms. The summed E-state index contributed by atoms with van der Waals surface area (Å²) in [5.74, 6) is -0.265. The summed E-state index contributed by atoms with van der Waals surface area (Å²) in [7, 11) is 0. The molecule has 1 heterocycles. The number of hydrogen-bond donors (Lipinski definition) is 1. The number of anilines is 2. The highest BCUT2D eigenvalue weighted by Crippen LogP contribution is 2.28. The van der Waals surface area contributed by atoms with Crippen LogP contribution in [0.5, 0.6) is 5.75 Å². The number of nitrogens with zero attached hydrogens (tertiary/aromatic N) is 2. The number of nitrogens with one attached hydrogen (secondary N) is 1. The smallest absolute Gasteiger partial charge is 0.266 e. The number of carbonyl (C=O) groups is 1. The van der Waals surface area contributed by atoms with Gasteiger partial charge in [-0.15, -0.1) is 0 Å². The van der Waals surface area contributed by atoms with Crippen LogP contribution in [0.15, 0.2) is 42.0 Å². The van der Waals surface area contributed by atoms with Crippen LogP contribution >= 0.6 is 0 Å². The molecule has 5 nitrogen and oxygen atoms in total. The van der Waals surface area contributed by atoms with E-state index in [0.717, 1.165) is 31.5 Å². The number of ether oxygens (including phenoxy) is 1. The van der Waals surface area contributed by atoms with E-state index >= 15 is 0 Å². The molecule has 0 saturated carbocycles. The van der Waals surface area contributed by atoms with Gasteiger partial charge >= 0.3 is 0 Å². The highest BCUT2D eigenvalue weighted by Gasteiger charge is 2.18. The first-order valence-corrected chi connectivity index (χ1v) is 9.73. The van der Waals surface area contributed by atoms with Gasteiger partial charge in [0.1, 0.15) is 23.2 Å². The molecule has 2 aromatic carbocycles. The van der Waals surface area contributed by atoms with Gasteiger partial charge in [-0.2, -0.15) is 5.26 Å². The summed E-state index contributed by atoms with van der Waals surface area (Å²) in [4.78, 5) is 14.6. The summed E-state index contributed by atoms with van der Waals surface area (Å²) in [5, 5.41) is 12.1. The van der Waals surface area contributed by atoms with Crippen LogP contribution in [0.2, 0.25) is 0 Å². The fraction of sp³-hybridized carbons (Fsp3) is 0.304. The van der Waals surface area contributed by atoms with Crippen molar-refractivity contribution in [3.8, 4) is 11.8 Å². The van der Waals surface area contributed by atoms with Gasteiger partial charge in [0.25, 0.3) is 5.91 Å². The molecule has 2 aromatic rings. The first-order chi connectivity index (χ1) is 14.0. The molecular weight excluding hydrogens is 369 g/mol. The second kappa shape index (κ2) is 9.24. The first-order valence-electron chi connectivity index (χ1n) is 9.73. The van der Waals surface area contributed by atoms with Gasteiger partial charge in [-0.05, 0) is 68.2 Å². The number of rotatable bonds is 6. The van der Waals surface area contributed by atoms with Crippen molar-refractivity contribution in [1.82, 2.24) is 0 Å². The lowest BCUT2D eigenvalue weighted by Crippen LogP contribution is -2.19. The third kappa shape index (κ3) is 4.94. The van der Waals surface area contributed by atoms with Gasteiger partial charge < -0.3 is 15.0 Å². The van der Waals surface area contributed by atoms with Gasteiger partial charge in [0.15, 0.2) is 0 Å². The maximum absolute atomic E-state index is 14.6. The van der Waals surface area contributed by atoms with Crippen LogP contribution < -0.4 is 15.0 Å². The molecule has 1 aliphatic heterocycles. The highest BCUT2D eigenvalue weighted by atomic mass is 19.1. The van der Waals surface area contributed by atoms with Crippen LogP contribution in [0.1, 0.15) is 30.9 Å². The Morgan fingerprint density at radius 3 is 2.76 bits per heavy atom. The van der Waals surface area contributed by atoms with Crippen LogP contribution in [0.25, 0.3) is 6.08 Å². The SMILES string of the molecule is CCOc1cccc(NC(=O)C(C#N)=Cc2cc(F)c(N3CCCC3)cc2C)c1. The molecular formula is C23H24FN3O2. The molecule has 1 amide bonds. The minimum absolute atomic E-state index is 0.0942. The topological polar surface area (TPSA) is 65.4 Å². The normalized spacial score (nSPS) is 13.9. The van der Waals surface area contributed by atoms with Gasteiger partial charge in [0.2, 0.25) is 0 Å². The van der Waals surface area contributed by atoms with Crippen molar-refractivity contribution in [1.29, 1.82) is 5.26 Å². The van der Waals surface area contributed by atoms with Crippen molar-refractivity contribution in [3.05, 3.63) is 58.9 Å². The number of nitriles is 1. The lowest BCUT2D eigenvalue weighted by atomic mass is 10.0. The Hall–Kier alpha value is -3.33. The monoisotopic (exact) mass is 393 g/mol. The van der Waals surface area contributed by atoms with Gasteiger partial charge in [-0.1, -0.05) is 6.07 Å². The summed E-state index contributed by atoms with van der Waals surface area (Å²) in [5.41, 5.74) is 2.33. The predicted molar refractivity (Wildman–Crippen MR) is 112 cm³/mol. The molecule has 29 heavy (non-hydrogen) atoms. The Bertz CT molecular complexity index is 973. The second-order valence-corrected chi connectivity index (χ2v) is 6.94. The van der Waals surface area contributed by atoms with Crippen molar-refractivity contribution in [3.63, 3.8) is 0 Å². The maximum Gasteiger partial charge on any atom is 0.266 e. The Labute approximate surface area is 170 Å². The first kappa shape index (κ1) is 20.4. The van der Waals surface area contributed by atoms with Crippen molar-refractivity contribution in [2.75, 3.05) is 29.9 Å². The van der Waals surface area contributed by atoms with Crippen LogP contribution in [0.4, 0.5) is 15.8 Å². The summed E-state index contributed by atoms with van der Waals surface area (Å²) in [6, 6.07) is 12.0. The standard InChI is InChI=1S/C23H24FN3O2/c1-3-29-20-8-6-7-19(14-20)26-23(28)18(15-25)12-17-13-21(24)22(11-16(17)2)27-9-4-5-10-27/h6-8,11-14H,3-5,9-10H2,1-2H3,(H,26,28). The second-order valence-electron chi connectivity index (χ2n) is 6.94. The molecule has 0 atom stereocenters. The number of halogens is 1. The van der Waals surface area contributed by atoms with E-state index in [1.807, 2.05) is 24.8 Å². The predicted octanol–water partition coefficient (Wildman–Crippen LogP) is 4.68. The van der Waals surface area contributed by atoms with Crippen LogP contribution in [-0.4, -0.2) is 25.6 Å². The number of amides is 1. The fourth-order valence-electron chi connectivity index (χ4n) is 3.37. The number of benzene rings is 2. The van der Waals surface area contributed by atoms with E-state index in [4.69, 9.17) is 4.74 Å². The number of carbonyl (C=O) groups excluding carboxylic acids is 1. The molecule has 1 N–H and O–H groups in total. The summed E-state index contributed by atoms with van der Waals surface area (Å²) in [6.45, 7) is 5.93. The van der Waals surface area contributed by atoms with E-state index in [2.05, 4.69) is 5.32 Å². The Kier molecular flexibility index (Phi) is 6.50. The van der Waals surface area contributed by atoms with Crippen LogP contribution in [0.3, 0.4) is 0 Å². The molecule has 1 fully saturated rings. The van der Waals surface area contributed by atoms with Crippen molar-refractivity contribution >= 4 is 23.4 Å². The highest BCUT2D eigenvalue weighted by molar-refractivity contribution is 6.09. The zero-order valence-corrected chi connectivity index (χ0v) is 16.7. The molecule has 0 aliphatic carbocycles. The molecule has 0 spiro atoms. The number of hydrogen-bond acceptors (Lipinski definition) is 4. The quantitative estimate of drug-likeness (QED) is 0.572. The van der Waals surface area contributed by atoms with Gasteiger partial charge in [0.05, 0.1) is 12.3 Å². The van der Waals surface area contributed by atoms with Crippen molar-refractivity contribution in [2.24, 2.45) is 0 Å². The van der Waals surface area contributed by atoms with E-state index in [1.165, 1.54) is 12.1 Å². The zero-order chi connectivity index (χ0) is 20.8. The summed E-state index contributed by atoms with van der Waals surface area (Å²) < 4.78 is 20.0. The number of aryl methyl sites for hydroxylation is 1. The van der Waals surface area contributed by atoms with Crippen molar-refractivity contribution < 1.29 is 13.9 Å². The Morgan fingerprint density at radius 2 is 2.07 bits per heavy atom. The van der Waals surface area contributed by atoms with E-state index in [0.29, 0.717) is 29.3 Å². The van der Waals surface area contributed by atoms with Gasteiger partial charge in [-0.25, -0.2) is 4.39 Å². The Morgan fingerprint density at radius 1 is 1.31 bits per heavy atom. The van der Waals surface area contributed by atoms with Crippen molar-refractivity contribution in [2.45, 2.75) is 26.7 Å². The molecule has 0 unspecified atom stereocenters. The average molecular weight is 393 g/mol. The molecule has 0 radical (unpaired) electrons.